The summed E-state index contributed by atoms with van der Waals surface area (Å²) in [6.07, 6.45) is 1.22. The molecule has 0 saturated carbocycles. The van der Waals surface area contributed by atoms with Gasteiger partial charge in [-0.3, -0.25) is 0 Å². The molecule has 1 aromatic carbocycles. The molecule has 1 N–H and O–H groups in total. The number of rotatable bonds is 3. The highest BCUT2D eigenvalue weighted by Crippen LogP contribution is 2.19. The van der Waals surface area contributed by atoms with E-state index < -0.39 is 0 Å². The molecule has 0 aliphatic carbocycles. The van der Waals surface area contributed by atoms with Gasteiger partial charge in [0.15, 0.2) is 0 Å². The van der Waals surface area contributed by atoms with Crippen molar-refractivity contribution in [3.8, 4) is 5.75 Å². The predicted molar refractivity (Wildman–Crippen MR) is 67.3 cm³/mol. The van der Waals surface area contributed by atoms with Gasteiger partial charge < -0.3 is 15.0 Å². The Bertz CT molecular complexity index is 302. The number of benzene rings is 1. The summed E-state index contributed by atoms with van der Waals surface area (Å²) in [5, 5.41) is 3.41. The van der Waals surface area contributed by atoms with E-state index >= 15 is 0 Å². The normalized spacial score (nSPS) is 16.9. The van der Waals surface area contributed by atoms with E-state index in [1.165, 1.54) is 12.1 Å². The van der Waals surface area contributed by atoms with Crippen molar-refractivity contribution in [1.29, 1.82) is 0 Å². The summed E-state index contributed by atoms with van der Waals surface area (Å²) in [7, 11) is 0. The van der Waals surface area contributed by atoms with Crippen LogP contribution >= 0.6 is 0 Å². The molecule has 3 heteroatoms. The second kappa shape index (κ2) is 5.75. The fraction of sp³-hybridized carbons (Fsp3) is 0.538. The zero-order valence-corrected chi connectivity index (χ0v) is 9.91. The van der Waals surface area contributed by atoms with Crippen LogP contribution in [0, 0.1) is 0 Å². The Morgan fingerprint density at radius 1 is 1.19 bits per heavy atom. The lowest BCUT2D eigenvalue weighted by Crippen LogP contribution is -2.27. The van der Waals surface area contributed by atoms with Gasteiger partial charge in [-0.25, -0.2) is 0 Å². The molecule has 2 rings (SSSR count). The Morgan fingerprint density at radius 3 is 2.75 bits per heavy atom. The molecule has 0 unspecified atom stereocenters. The van der Waals surface area contributed by atoms with E-state index in [9.17, 15) is 0 Å². The summed E-state index contributed by atoms with van der Waals surface area (Å²) in [6, 6.07) is 8.40. The summed E-state index contributed by atoms with van der Waals surface area (Å²) < 4.78 is 5.44. The third-order valence-corrected chi connectivity index (χ3v) is 2.85. The molecular weight excluding hydrogens is 200 g/mol. The van der Waals surface area contributed by atoms with Gasteiger partial charge >= 0.3 is 0 Å². The van der Waals surface area contributed by atoms with Gasteiger partial charge in [-0.2, -0.15) is 0 Å². The van der Waals surface area contributed by atoms with E-state index in [4.69, 9.17) is 4.74 Å². The third kappa shape index (κ3) is 2.89. The number of nitrogens with one attached hydrogen (secondary N) is 1. The highest BCUT2D eigenvalue weighted by atomic mass is 16.5. The number of ether oxygens (including phenoxy) is 1. The summed E-state index contributed by atoms with van der Waals surface area (Å²) >= 11 is 0. The zero-order valence-electron chi connectivity index (χ0n) is 9.91. The maximum Gasteiger partial charge on any atom is 0.119 e. The first-order valence-electron chi connectivity index (χ1n) is 6.08. The van der Waals surface area contributed by atoms with Crippen molar-refractivity contribution >= 4 is 5.69 Å². The lowest BCUT2D eigenvalue weighted by atomic mass is 10.2. The van der Waals surface area contributed by atoms with Gasteiger partial charge in [0.1, 0.15) is 5.75 Å². The van der Waals surface area contributed by atoms with E-state index in [1.54, 1.807) is 0 Å². The van der Waals surface area contributed by atoms with Crippen molar-refractivity contribution in [1.82, 2.24) is 5.32 Å². The highest BCUT2D eigenvalue weighted by Gasteiger charge is 2.08. The number of anilines is 1. The van der Waals surface area contributed by atoms with Gasteiger partial charge in [-0.05, 0) is 44.2 Å². The van der Waals surface area contributed by atoms with Crippen LogP contribution in [0.3, 0.4) is 0 Å². The highest BCUT2D eigenvalue weighted by molar-refractivity contribution is 5.49. The first kappa shape index (κ1) is 11.3. The third-order valence-electron chi connectivity index (χ3n) is 2.85. The Balaban J connectivity index is 2.01. The quantitative estimate of drug-likeness (QED) is 0.842. The van der Waals surface area contributed by atoms with E-state index in [2.05, 4.69) is 34.5 Å². The maximum absolute atomic E-state index is 5.44. The van der Waals surface area contributed by atoms with Gasteiger partial charge in [-0.1, -0.05) is 0 Å². The molecule has 0 spiro atoms. The van der Waals surface area contributed by atoms with Crippen LogP contribution in [0.1, 0.15) is 13.3 Å². The largest absolute Gasteiger partial charge is 0.494 e. The summed E-state index contributed by atoms with van der Waals surface area (Å²) in [6.45, 7) is 7.18. The molecule has 3 nitrogen and oxygen atoms in total. The van der Waals surface area contributed by atoms with Crippen LogP contribution in [0.25, 0.3) is 0 Å². The van der Waals surface area contributed by atoms with Crippen LogP contribution in [0.5, 0.6) is 5.75 Å². The molecule has 0 radical (unpaired) electrons. The molecule has 0 atom stereocenters. The summed E-state index contributed by atoms with van der Waals surface area (Å²) in [5.41, 5.74) is 1.30. The van der Waals surface area contributed by atoms with Crippen molar-refractivity contribution in [2.45, 2.75) is 13.3 Å². The van der Waals surface area contributed by atoms with Crippen LogP contribution in [-0.4, -0.2) is 32.8 Å². The number of nitrogens with zero attached hydrogens (tertiary/aromatic N) is 1. The van der Waals surface area contributed by atoms with Gasteiger partial charge in [-0.15, -0.1) is 0 Å². The second-order valence-electron chi connectivity index (χ2n) is 4.02. The average molecular weight is 220 g/mol. The van der Waals surface area contributed by atoms with Crippen LogP contribution in [-0.2, 0) is 0 Å². The zero-order chi connectivity index (χ0) is 11.2. The van der Waals surface area contributed by atoms with Crippen LogP contribution < -0.4 is 15.0 Å². The molecule has 1 aliphatic heterocycles. The maximum atomic E-state index is 5.44. The van der Waals surface area contributed by atoms with Gasteiger partial charge in [0.2, 0.25) is 0 Å². The first-order chi connectivity index (χ1) is 7.90. The number of hydrogen-bond donors (Lipinski definition) is 1. The molecule has 88 valence electrons. The topological polar surface area (TPSA) is 24.5 Å². The molecule has 0 amide bonds. The van der Waals surface area contributed by atoms with E-state index in [0.29, 0.717) is 0 Å². The standard InChI is InChI=1S/C13H20N2O/c1-2-16-13-6-4-12(5-7-13)15-10-3-8-14-9-11-15/h4-7,14H,2-3,8-11H2,1H3. The SMILES string of the molecule is CCOc1ccc(N2CCCNCC2)cc1. The Hall–Kier alpha value is -1.22. The molecule has 1 saturated heterocycles. The Morgan fingerprint density at radius 2 is 2.00 bits per heavy atom. The second-order valence-corrected chi connectivity index (χ2v) is 4.02. The van der Waals surface area contributed by atoms with Gasteiger partial charge in [0.05, 0.1) is 6.61 Å². The molecule has 16 heavy (non-hydrogen) atoms. The van der Waals surface area contributed by atoms with Crippen molar-refractivity contribution in [3.05, 3.63) is 24.3 Å². The number of hydrogen-bond acceptors (Lipinski definition) is 3. The molecule has 0 aromatic heterocycles. The van der Waals surface area contributed by atoms with Gasteiger partial charge in [0, 0.05) is 25.3 Å². The molecule has 1 aromatic rings. The molecule has 1 aliphatic rings. The van der Waals surface area contributed by atoms with E-state index in [-0.39, 0.29) is 0 Å². The lowest BCUT2D eigenvalue weighted by molar-refractivity contribution is 0.340. The summed E-state index contributed by atoms with van der Waals surface area (Å²) in [4.78, 5) is 2.43. The molecule has 0 bridgehead atoms. The molecule has 1 heterocycles. The van der Waals surface area contributed by atoms with E-state index in [1.807, 2.05) is 6.92 Å². The van der Waals surface area contributed by atoms with Crippen molar-refractivity contribution in [3.63, 3.8) is 0 Å². The van der Waals surface area contributed by atoms with Crippen molar-refractivity contribution in [2.24, 2.45) is 0 Å². The van der Waals surface area contributed by atoms with Crippen LogP contribution in [0.4, 0.5) is 5.69 Å². The molecule has 1 fully saturated rings. The van der Waals surface area contributed by atoms with Crippen molar-refractivity contribution in [2.75, 3.05) is 37.7 Å². The minimum Gasteiger partial charge on any atom is -0.494 e. The fourth-order valence-electron chi connectivity index (χ4n) is 2.02. The first-order valence-corrected chi connectivity index (χ1v) is 6.08. The predicted octanol–water partition coefficient (Wildman–Crippen LogP) is 1.89. The minimum absolute atomic E-state index is 0.729. The van der Waals surface area contributed by atoms with Crippen LogP contribution in [0.15, 0.2) is 24.3 Å². The minimum atomic E-state index is 0.729. The summed E-state index contributed by atoms with van der Waals surface area (Å²) in [5.74, 6) is 0.958. The fourth-order valence-corrected chi connectivity index (χ4v) is 2.02. The lowest BCUT2D eigenvalue weighted by Gasteiger charge is -2.22. The Kier molecular flexibility index (Phi) is 4.05. The monoisotopic (exact) mass is 220 g/mol. The Labute approximate surface area is 97.4 Å². The smallest absolute Gasteiger partial charge is 0.119 e. The van der Waals surface area contributed by atoms with E-state index in [0.717, 1.165) is 38.5 Å². The van der Waals surface area contributed by atoms with Crippen molar-refractivity contribution < 1.29 is 4.74 Å². The van der Waals surface area contributed by atoms with Crippen LogP contribution in [0.2, 0.25) is 0 Å². The molecular formula is C13H20N2O. The average Bonchev–Trinajstić information content (AvgIpc) is 2.59. The van der Waals surface area contributed by atoms with Gasteiger partial charge in [0.25, 0.3) is 0 Å².